The number of aryl methyl sites for hydroxylation is 1. The Bertz CT molecular complexity index is 483. The molecule has 1 aromatic rings. The molecule has 2 unspecified atom stereocenters. The first-order valence-electron chi connectivity index (χ1n) is 7.91. The fraction of sp³-hybridized carbons (Fsp3) is 0.647. The van der Waals surface area contributed by atoms with Crippen molar-refractivity contribution in [3.8, 4) is 11.5 Å². The van der Waals surface area contributed by atoms with E-state index < -0.39 is 0 Å². The number of nitrogen functional groups attached to an aromatic ring is 1. The van der Waals surface area contributed by atoms with Gasteiger partial charge < -0.3 is 19.9 Å². The highest BCUT2D eigenvalue weighted by atomic mass is 16.5. The highest BCUT2D eigenvalue weighted by Crippen LogP contribution is 2.31. The Morgan fingerprint density at radius 3 is 2.36 bits per heavy atom. The SMILES string of the molecule is COc1cc(OC)c(CCCN2CC(C)OC(C)C2)cc1N. The van der Waals surface area contributed by atoms with E-state index in [1.54, 1.807) is 14.2 Å². The van der Waals surface area contributed by atoms with Crippen molar-refractivity contribution in [1.82, 2.24) is 4.90 Å². The molecule has 2 rings (SSSR count). The summed E-state index contributed by atoms with van der Waals surface area (Å²) < 4.78 is 16.5. The van der Waals surface area contributed by atoms with Crippen molar-refractivity contribution in [3.05, 3.63) is 17.7 Å². The molecule has 0 radical (unpaired) electrons. The number of hydrogen-bond donors (Lipinski definition) is 1. The van der Waals surface area contributed by atoms with Crippen molar-refractivity contribution >= 4 is 5.69 Å². The van der Waals surface area contributed by atoms with Gasteiger partial charge in [0.25, 0.3) is 0 Å². The summed E-state index contributed by atoms with van der Waals surface area (Å²) in [5.41, 5.74) is 7.79. The van der Waals surface area contributed by atoms with Gasteiger partial charge in [0.2, 0.25) is 0 Å². The topological polar surface area (TPSA) is 57.0 Å². The van der Waals surface area contributed by atoms with Crippen LogP contribution in [0.15, 0.2) is 12.1 Å². The second-order valence-corrected chi connectivity index (χ2v) is 6.03. The third-order valence-corrected chi connectivity index (χ3v) is 4.05. The molecule has 5 heteroatoms. The van der Waals surface area contributed by atoms with Gasteiger partial charge in [-0.15, -0.1) is 0 Å². The summed E-state index contributed by atoms with van der Waals surface area (Å²) in [5, 5.41) is 0. The van der Waals surface area contributed by atoms with Crippen LogP contribution in [0.25, 0.3) is 0 Å². The Balaban J connectivity index is 1.92. The van der Waals surface area contributed by atoms with Crippen LogP contribution in [0.2, 0.25) is 0 Å². The molecule has 22 heavy (non-hydrogen) atoms. The van der Waals surface area contributed by atoms with Gasteiger partial charge in [-0.3, -0.25) is 4.90 Å². The van der Waals surface area contributed by atoms with Crippen LogP contribution in [-0.4, -0.2) is 51.0 Å². The zero-order chi connectivity index (χ0) is 16.1. The third kappa shape index (κ3) is 4.27. The lowest BCUT2D eigenvalue weighted by molar-refractivity contribution is -0.0680. The van der Waals surface area contributed by atoms with E-state index in [2.05, 4.69) is 18.7 Å². The molecule has 124 valence electrons. The van der Waals surface area contributed by atoms with Crippen LogP contribution in [0, 0.1) is 0 Å². The quantitative estimate of drug-likeness (QED) is 0.817. The Kier molecular flexibility index (Phi) is 5.91. The summed E-state index contributed by atoms with van der Waals surface area (Å²) in [5.74, 6) is 1.51. The predicted octanol–water partition coefficient (Wildman–Crippen LogP) is 2.33. The number of morpholine rings is 1. The zero-order valence-electron chi connectivity index (χ0n) is 14.1. The number of rotatable bonds is 6. The molecule has 1 saturated heterocycles. The molecule has 2 atom stereocenters. The molecule has 1 heterocycles. The maximum atomic E-state index is 6.00. The molecule has 0 spiro atoms. The average molecular weight is 308 g/mol. The van der Waals surface area contributed by atoms with Gasteiger partial charge in [0.05, 0.1) is 32.1 Å². The third-order valence-electron chi connectivity index (χ3n) is 4.05. The van der Waals surface area contributed by atoms with Crippen LogP contribution >= 0.6 is 0 Å². The largest absolute Gasteiger partial charge is 0.496 e. The lowest BCUT2D eigenvalue weighted by Crippen LogP contribution is -2.45. The van der Waals surface area contributed by atoms with Gasteiger partial charge in [-0.05, 0) is 44.9 Å². The normalized spacial score (nSPS) is 22.5. The van der Waals surface area contributed by atoms with Crippen molar-refractivity contribution in [2.75, 3.05) is 39.6 Å². The fourth-order valence-corrected chi connectivity index (χ4v) is 3.15. The predicted molar refractivity (Wildman–Crippen MR) is 88.7 cm³/mol. The second kappa shape index (κ2) is 7.70. The Morgan fingerprint density at radius 2 is 1.77 bits per heavy atom. The van der Waals surface area contributed by atoms with E-state index in [0.717, 1.165) is 43.8 Å². The average Bonchev–Trinajstić information content (AvgIpc) is 2.46. The van der Waals surface area contributed by atoms with Crippen molar-refractivity contribution in [1.29, 1.82) is 0 Å². The van der Waals surface area contributed by atoms with Crippen LogP contribution in [0.3, 0.4) is 0 Å². The first-order chi connectivity index (χ1) is 10.5. The maximum absolute atomic E-state index is 6.00. The van der Waals surface area contributed by atoms with Gasteiger partial charge in [-0.25, -0.2) is 0 Å². The van der Waals surface area contributed by atoms with Crippen LogP contribution in [0.4, 0.5) is 5.69 Å². The van der Waals surface area contributed by atoms with E-state index in [1.165, 1.54) is 0 Å². The molecule has 1 aromatic carbocycles. The van der Waals surface area contributed by atoms with E-state index in [0.29, 0.717) is 23.6 Å². The number of methoxy groups -OCH3 is 2. The summed E-state index contributed by atoms with van der Waals surface area (Å²) >= 11 is 0. The molecule has 0 saturated carbocycles. The summed E-state index contributed by atoms with van der Waals surface area (Å²) in [7, 11) is 3.30. The first kappa shape index (κ1) is 16.9. The van der Waals surface area contributed by atoms with Crippen molar-refractivity contribution in [3.63, 3.8) is 0 Å². The first-order valence-corrected chi connectivity index (χ1v) is 7.91. The van der Waals surface area contributed by atoms with Crippen molar-refractivity contribution in [2.45, 2.75) is 38.9 Å². The van der Waals surface area contributed by atoms with Crippen LogP contribution in [0.1, 0.15) is 25.8 Å². The standard InChI is InChI=1S/C17H28N2O3/c1-12-10-19(11-13(2)22-12)7-5-6-14-8-15(18)17(21-4)9-16(14)20-3/h8-9,12-13H,5-7,10-11,18H2,1-4H3. The molecule has 5 nitrogen and oxygen atoms in total. The molecule has 0 amide bonds. The lowest BCUT2D eigenvalue weighted by atomic mass is 10.1. The Morgan fingerprint density at radius 1 is 1.14 bits per heavy atom. The molecule has 0 bridgehead atoms. The molecular weight excluding hydrogens is 280 g/mol. The van der Waals surface area contributed by atoms with E-state index in [-0.39, 0.29) is 0 Å². The van der Waals surface area contributed by atoms with Crippen LogP contribution < -0.4 is 15.2 Å². The molecule has 1 aliphatic rings. The van der Waals surface area contributed by atoms with E-state index in [1.807, 2.05) is 12.1 Å². The number of nitrogens with zero attached hydrogens (tertiary/aromatic N) is 1. The number of benzene rings is 1. The molecule has 2 N–H and O–H groups in total. The fourth-order valence-electron chi connectivity index (χ4n) is 3.15. The monoisotopic (exact) mass is 308 g/mol. The van der Waals surface area contributed by atoms with Crippen LogP contribution in [-0.2, 0) is 11.2 Å². The number of ether oxygens (including phenoxy) is 3. The lowest BCUT2D eigenvalue weighted by Gasteiger charge is -2.35. The van der Waals surface area contributed by atoms with E-state index >= 15 is 0 Å². The Hall–Kier alpha value is -1.46. The van der Waals surface area contributed by atoms with Gasteiger partial charge >= 0.3 is 0 Å². The summed E-state index contributed by atoms with van der Waals surface area (Å²) in [6, 6.07) is 3.83. The molecule has 1 fully saturated rings. The van der Waals surface area contributed by atoms with Crippen molar-refractivity contribution in [2.24, 2.45) is 0 Å². The molecule has 1 aliphatic heterocycles. The number of anilines is 1. The Labute approximate surface area is 133 Å². The number of hydrogen-bond acceptors (Lipinski definition) is 5. The van der Waals surface area contributed by atoms with Gasteiger partial charge in [0.1, 0.15) is 11.5 Å². The van der Waals surface area contributed by atoms with E-state index in [9.17, 15) is 0 Å². The molecule has 0 aliphatic carbocycles. The molecular formula is C17H28N2O3. The van der Waals surface area contributed by atoms with Gasteiger partial charge in [0.15, 0.2) is 0 Å². The minimum atomic E-state index is 0.315. The highest BCUT2D eigenvalue weighted by Gasteiger charge is 2.21. The second-order valence-electron chi connectivity index (χ2n) is 6.03. The molecule has 0 aromatic heterocycles. The summed E-state index contributed by atoms with van der Waals surface area (Å²) in [6.07, 6.45) is 2.64. The van der Waals surface area contributed by atoms with Crippen molar-refractivity contribution < 1.29 is 14.2 Å². The van der Waals surface area contributed by atoms with Gasteiger partial charge in [-0.1, -0.05) is 0 Å². The minimum Gasteiger partial charge on any atom is -0.496 e. The van der Waals surface area contributed by atoms with Gasteiger partial charge in [-0.2, -0.15) is 0 Å². The zero-order valence-corrected chi connectivity index (χ0v) is 14.1. The minimum absolute atomic E-state index is 0.315. The summed E-state index contributed by atoms with van der Waals surface area (Å²) in [4.78, 5) is 2.47. The van der Waals surface area contributed by atoms with Gasteiger partial charge in [0, 0.05) is 19.2 Å². The smallest absolute Gasteiger partial charge is 0.145 e. The van der Waals surface area contributed by atoms with Crippen LogP contribution in [0.5, 0.6) is 11.5 Å². The van der Waals surface area contributed by atoms with E-state index in [4.69, 9.17) is 19.9 Å². The summed E-state index contributed by atoms with van der Waals surface area (Å²) in [6.45, 7) is 7.34. The maximum Gasteiger partial charge on any atom is 0.145 e. The highest BCUT2D eigenvalue weighted by molar-refractivity contribution is 5.59. The number of nitrogens with two attached hydrogens (primary N) is 1.